The molecule has 21 heavy (non-hydrogen) atoms. The normalized spacial score (nSPS) is 17.9. The van der Waals surface area contributed by atoms with Crippen LogP contribution in [-0.4, -0.2) is 35.1 Å². The van der Waals surface area contributed by atoms with Crippen LogP contribution in [-0.2, 0) is 13.0 Å². The third-order valence-electron chi connectivity index (χ3n) is 4.05. The number of nitrogens with two attached hydrogens (primary N) is 1. The Balaban J connectivity index is 1.74. The van der Waals surface area contributed by atoms with Gasteiger partial charge in [0.15, 0.2) is 0 Å². The van der Waals surface area contributed by atoms with Crippen LogP contribution in [0.3, 0.4) is 0 Å². The SMILES string of the molecule is N/C(CCN(Cc1cc(Cl)cc2c1OCC2)C1CC1)=N/O. The summed E-state index contributed by atoms with van der Waals surface area (Å²) in [4.78, 5) is 2.37. The highest BCUT2D eigenvalue weighted by Crippen LogP contribution is 2.36. The van der Waals surface area contributed by atoms with Gasteiger partial charge in [0.2, 0.25) is 0 Å². The third-order valence-corrected chi connectivity index (χ3v) is 4.26. The minimum absolute atomic E-state index is 0.272. The van der Waals surface area contributed by atoms with E-state index in [4.69, 9.17) is 27.3 Å². The van der Waals surface area contributed by atoms with Crippen molar-refractivity contribution in [3.8, 4) is 5.75 Å². The Morgan fingerprint density at radius 3 is 3.00 bits per heavy atom. The zero-order chi connectivity index (χ0) is 14.8. The van der Waals surface area contributed by atoms with Gasteiger partial charge in [0.1, 0.15) is 11.6 Å². The molecule has 0 spiro atoms. The van der Waals surface area contributed by atoms with Crippen molar-refractivity contribution in [2.24, 2.45) is 10.9 Å². The first-order valence-electron chi connectivity index (χ1n) is 7.32. The maximum absolute atomic E-state index is 8.66. The average molecular weight is 310 g/mol. The number of ether oxygens (including phenoxy) is 1. The highest BCUT2D eigenvalue weighted by molar-refractivity contribution is 6.30. The molecule has 5 nitrogen and oxygen atoms in total. The first-order chi connectivity index (χ1) is 10.2. The van der Waals surface area contributed by atoms with Gasteiger partial charge in [0.05, 0.1) is 6.61 Å². The van der Waals surface area contributed by atoms with Gasteiger partial charge in [-0.1, -0.05) is 16.8 Å². The summed E-state index contributed by atoms with van der Waals surface area (Å²) in [5.41, 5.74) is 7.92. The first kappa shape index (κ1) is 14.5. The van der Waals surface area contributed by atoms with Crippen LogP contribution in [0, 0.1) is 0 Å². The molecule has 0 bridgehead atoms. The second-order valence-electron chi connectivity index (χ2n) is 5.69. The highest BCUT2D eigenvalue weighted by atomic mass is 35.5. The topological polar surface area (TPSA) is 71.1 Å². The number of hydrogen-bond acceptors (Lipinski definition) is 4. The van der Waals surface area contributed by atoms with Crippen molar-refractivity contribution in [3.63, 3.8) is 0 Å². The molecule has 1 aromatic carbocycles. The van der Waals surface area contributed by atoms with E-state index in [2.05, 4.69) is 10.1 Å². The Labute approximate surface area is 129 Å². The molecule has 114 valence electrons. The first-order valence-corrected chi connectivity index (χ1v) is 7.69. The van der Waals surface area contributed by atoms with Crippen molar-refractivity contribution in [2.75, 3.05) is 13.2 Å². The number of fused-ring (bicyclic) bond motifs is 1. The van der Waals surface area contributed by atoms with Crippen molar-refractivity contribution < 1.29 is 9.94 Å². The van der Waals surface area contributed by atoms with E-state index in [9.17, 15) is 0 Å². The van der Waals surface area contributed by atoms with Gasteiger partial charge in [-0.15, -0.1) is 0 Å². The van der Waals surface area contributed by atoms with E-state index >= 15 is 0 Å². The molecule has 3 rings (SSSR count). The molecule has 0 radical (unpaired) electrons. The molecule has 1 fully saturated rings. The van der Waals surface area contributed by atoms with E-state index in [-0.39, 0.29) is 5.84 Å². The monoisotopic (exact) mass is 309 g/mol. The van der Waals surface area contributed by atoms with Crippen LogP contribution in [0.2, 0.25) is 5.02 Å². The summed E-state index contributed by atoms with van der Waals surface area (Å²) < 4.78 is 5.76. The molecule has 6 heteroatoms. The molecule has 1 saturated carbocycles. The summed E-state index contributed by atoms with van der Waals surface area (Å²) in [6.07, 6.45) is 3.91. The van der Waals surface area contributed by atoms with E-state index in [1.807, 2.05) is 12.1 Å². The Morgan fingerprint density at radius 2 is 2.29 bits per heavy atom. The summed E-state index contributed by atoms with van der Waals surface area (Å²) in [7, 11) is 0. The molecule has 0 amide bonds. The van der Waals surface area contributed by atoms with Crippen molar-refractivity contribution in [1.29, 1.82) is 0 Å². The molecule has 2 aliphatic rings. The lowest BCUT2D eigenvalue weighted by molar-refractivity contribution is 0.254. The molecule has 0 aromatic heterocycles. The Bertz CT molecular complexity index is 558. The van der Waals surface area contributed by atoms with Crippen molar-refractivity contribution in [3.05, 3.63) is 28.3 Å². The third kappa shape index (κ3) is 3.41. The van der Waals surface area contributed by atoms with E-state index in [1.54, 1.807) is 0 Å². The minimum Gasteiger partial charge on any atom is -0.493 e. The molecule has 3 N–H and O–H groups in total. The largest absolute Gasteiger partial charge is 0.493 e. The molecule has 1 aliphatic carbocycles. The minimum atomic E-state index is 0.272. The lowest BCUT2D eigenvalue weighted by Gasteiger charge is -2.23. The molecule has 1 aromatic rings. The molecule has 0 saturated heterocycles. The zero-order valence-electron chi connectivity index (χ0n) is 11.9. The number of hydrogen-bond donors (Lipinski definition) is 2. The fraction of sp³-hybridized carbons (Fsp3) is 0.533. The zero-order valence-corrected chi connectivity index (χ0v) is 12.6. The van der Waals surface area contributed by atoms with E-state index in [0.717, 1.165) is 42.5 Å². The molecule has 1 aliphatic heterocycles. The second kappa shape index (κ2) is 6.12. The number of rotatable bonds is 6. The van der Waals surface area contributed by atoms with Crippen LogP contribution in [0.15, 0.2) is 17.3 Å². The van der Waals surface area contributed by atoms with Gasteiger partial charge in [-0.3, -0.25) is 4.90 Å². The Hall–Kier alpha value is -1.46. The number of benzene rings is 1. The van der Waals surface area contributed by atoms with E-state index in [0.29, 0.717) is 12.5 Å². The van der Waals surface area contributed by atoms with Gasteiger partial charge in [-0.2, -0.15) is 0 Å². The summed E-state index contributed by atoms with van der Waals surface area (Å²) in [5.74, 6) is 1.27. The average Bonchev–Trinajstić information content (AvgIpc) is 3.21. The summed E-state index contributed by atoms with van der Waals surface area (Å²) in [6.45, 7) is 2.31. The van der Waals surface area contributed by atoms with E-state index in [1.165, 1.54) is 18.4 Å². The van der Waals surface area contributed by atoms with Crippen LogP contribution in [0.4, 0.5) is 0 Å². The number of oxime groups is 1. The molecule has 0 atom stereocenters. The fourth-order valence-electron chi connectivity index (χ4n) is 2.82. The molecular formula is C15H20ClN3O2. The number of nitrogens with zero attached hydrogens (tertiary/aromatic N) is 2. The van der Waals surface area contributed by atoms with Crippen molar-refractivity contribution in [2.45, 2.75) is 38.3 Å². The Kier molecular flexibility index (Phi) is 4.22. The molecule has 1 heterocycles. The number of halogens is 1. The van der Waals surface area contributed by atoms with Crippen LogP contribution in [0.1, 0.15) is 30.4 Å². The van der Waals surface area contributed by atoms with Gasteiger partial charge in [0, 0.05) is 42.6 Å². The van der Waals surface area contributed by atoms with Gasteiger partial charge < -0.3 is 15.7 Å². The van der Waals surface area contributed by atoms with Gasteiger partial charge in [-0.05, 0) is 30.5 Å². The number of amidine groups is 1. The van der Waals surface area contributed by atoms with Crippen LogP contribution in [0.5, 0.6) is 5.75 Å². The molecule has 0 unspecified atom stereocenters. The summed E-state index contributed by atoms with van der Waals surface area (Å²) in [6, 6.07) is 4.57. The predicted molar refractivity (Wildman–Crippen MR) is 82.1 cm³/mol. The van der Waals surface area contributed by atoms with Crippen LogP contribution >= 0.6 is 11.6 Å². The Morgan fingerprint density at radius 1 is 1.48 bits per heavy atom. The van der Waals surface area contributed by atoms with Gasteiger partial charge in [0.25, 0.3) is 0 Å². The smallest absolute Gasteiger partial charge is 0.140 e. The standard InChI is InChI=1S/C15H20ClN3O2/c16-12-7-10-4-6-21-15(10)11(8-12)9-19(13-1-2-13)5-3-14(17)18-20/h7-8,13,20H,1-6,9H2,(H2,17,18). The summed E-state index contributed by atoms with van der Waals surface area (Å²) in [5, 5.41) is 12.5. The van der Waals surface area contributed by atoms with Crippen molar-refractivity contribution in [1.82, 2.24) is 4.90 Å². The van der Waals surface area contributed by atoms with Crippen LogP contribution in [0.25, 0.3) is 0 Å². The van der Waals surface area contributed by atoms with Crippen LogP contribution < -0.4 is 10.5 Å². The van der Waals surface area contributed by atoms with Crippen molar-refractivity contribution >= 4 is 17.4 Å². The maximum atomic E-state index is 8.66. The predicted octanol–water partition coefficient (Wildman–Crippen LogP) is 2.38. The van der Waals surface area contributed by atoms with Gasteiger partial charge in [-0.25, -0.2) is 0 Å². The fourth-order valence-corrected chi connectivity index (χ4v) is 3.08. The highest BCUT2D eigenvalue weighted by Gasteiger charge is 2.30. The quantitative estimate of drug-likeness (QED) is 0.366. The lowest BCUT2D eigenvalue weighted by atomic mass is 10.1. The summed E-state index contributed by atoms with van der Waals surface area (Å²) >= 11 is 6.21. The van der Waals surface area contributed by atoms with Gasteiger partial charge >= 0.3 is 0 Å². The second-order valence-corrected chi connectivity index (χ2v) is 6.13. The molecular weight excluding hydrogens is 290 g/mol. The van der Waals surface area contributed by atoms with E-state index < -0.39 is 0 Å². The maximum Gasteiger partial charge on any atom is 0.140 e. The lowest BCUT2D eigenvalue weighted by Crippen LogP contribution is -2.30.